The fourth-order valence-corrected chi connectivity index (χ4v) is 3.18. The number of hydrogen-bond donors (Lipinski definition) is 2. The van der Waals surface area contributed by atoms with E-state index < -0.39 is 35.6 Å². The van der Waals surface area contributed by atoms with Gasteiger partial charge in [-0.3, -0.25) is 14.2 Å². The highest BCUT2D eigenvalue weighted by atomic mass is 19.4. The Labute approximate surface area is 180 Å². The average molecular weight is 449 g/mol. The van der Waals surface area contributed by atoms with E-state index in [0.29, 0.717) is 11.3 Å². The lowest BCUT2D eigenvalue weighted by Crippen LogP contribution is -2.33. The summed E-state index contributed by atoms with van der Waals surface area (Å²) in [4.78, 5) is 30.0. The molecule has 1 heterocycles. The molecule has 168 valence electrons. The predicted octanol–water partition coefficient (Wildman–Crippen LogP) is 3.55. The van der Waals surface area contributed by atoms with E-state index in [1.165, 1.54) is 30.3 Å². The van der Waals surface area contributed by atoms with E-state index >= 15 is 0 Å². The van der Waals surface area contributed by atoms with Gasteiger partial charge in [0.15, 0.2) is 0 Å². The number of aryl methyl sites for hydroxylation is 1. The summed E-state index contributed by atoms with van der Waals surface area (Å²) >= 11 is 0. The van der Waals surface area contributed by atoms with Crippen LogP contribution in [-0.4, -0.2) is 27.2 Å². The Kier molecular flexibility index (Phi) is 6.73. The van der Waals surface area contributed by atoms with Gasteiger partial charge in [-0.2, -0.15) is 13.2 Å². The molecular formula is C22H19F4N3O3. The van der Waals surface area contributed by atoms with Gasteiger partial charge in [-0.05, 0) is 49.4 Å². The summed E-state index contributed by atoms with van der Waals surface area (Å²) in [6.45, 7) is 0.712. The van der Waals surface area contributed by atoms with Crippen LogP contribution in [0.5, 0.6) is 0 Å². The topological polar surface area (TPSA) is 84.2 Å². The Balaban J connectivity index is 1.98. The van der Waals surface area contributed by atoms with Gasteiger partial charge in [0.05, 0.1) is 5.56 Å². The molecule has 0 atom stereocenters. The smallest absolute Gasteiger partial charge is 0.396 e. The molecule has 0 unspecified atom stereocenters. The number of aromatic nitrogens is 2. The van der Waals surface area contributed by atoms with Gasteiger partial charge < -0.3 is 10.4 Å². The number of aliphatic hydroxyl groups is 1. The Morgan fingerprint density at radius 2 is 1.84 bits per heavy atom. The first-order valence-electron chi connectivity index (χ1n) is 9.54. The Bertz CT molecular complexity index is 1190. The van der Waals surface area contributed by atoms with E-state index in [1.807, 2.05) is 0 Å². The van der Waals surface area contributed by atoms with Gasteiger partial charge in [0.2, 0.25) is 5.91 Å². The second kappa shape index (κ2) is 9.31. The zero-order valence-electron chi connectivity index (χ0n) is 16.9. The lowest BCUT2D eigenvalue weighted by molar-refractivity contribution is -0.137. The summed E-state index contributed by atoms with van der Waals surface area (Å²) in [5.41, 5.74) is -0.680. The van der Waals surface area contributed by atoms with E-state index in [0.717, 1.165) is 22.8 Å². The molecule has 10 heteroatoms. The molecule has 32 heavy (non-hydrogen) atoms. The molecule has 2 aromatic carbocycles. The highest BCUT2D eigenvalue weighted by molar-refractivity contribution is 5.91. The molecular weight excluding hydrogens is 430 g/mol. The second-order valence-electron chi connectivity index (χ2n) is 7.00. The number of anilines is 1. The summed E-state index contributed by atoms with van der Waals surface area (Å²) < 4.78 is 53.1. The molecule has 0 aliphatic rings. The zero-order valence-corrected chi connectivity index (χ0v) is 16.9. The number of halogens is 4. The zero-order chi connectivity index (χ0) is 23.5. The number of nitrogens with one attached hydrogen (secondary N) is 1. The fraction of sp³-hybridized carbons (Fsp3) is 0.227. The van der Waals surface area contributed by atoms with Gasteiger partial charge in [-0.1, -0.05) is 6.07 Å². The van der Waals surface area contributed by atoms with Crippen molar-refractivity contribution < 1.29 is 27.5 Å². The largest absolute Gasteiger partial charge is 0.416 e. The molecule has 0 radical (unpaired) electrons. The van der Waals surface area contributed by atoms with Gasteiger partial charge >= 0.3 is 6.18 Å². The number of benzene rings is 2. The van der Waals surface area contributed by atoms with Crippen molar-refractivity contribution in [3.8, 4) is 11.4 Å². The number of amides is 1. The number of alkyl halides is 3. The molecule has 0 saturated carbocycles. The normalized spacial score (nSPS) is 11.4. The molecule has 0 saturated heterocycles. The molecule has 1 aromatic heterocycles. The van der Waals surface area contributed by atoms with Crippen LogP contribution >= 0.6 is 0 Å². The van der Waals surface area contributed by atoms with Gasteiger partial charge in [0.25, 0.3) is 5.56 Å². The van der Waals surface area contributed by atoms with Crippen molar-refractivity contribution in [2.45, 2.75) is 26.1 Å². The van der Waals surface area contributed by atoms with Crippen molar-refractivity contribution in [1.29, 1.82) is 0 Å². The molecule has 1 amide bonds. The maximum Gasteiger partial charge on any atom is 0.416 e. The third-order valence-corrected chi connectivity index (χ3v) is 4.71. The monoisotopic (exact) mass is 449 g/mol. The fourth-order valence-electron chi connectivity index (χ4n) is 3.18. The van der Waals surface area contributed by atoms with Gasteiger partial charge in [0.1, 0.15) is 18.2 Å². The Morgan fingerprint density at radius 3 is 2.47 bits per heavy atom. The summed E-state index contributed by atoms with van der Waals surface area (Å²) in [5.74, 6) is -1.16. The van der Waals surface area contributed by atoms with Crippen LogP contribution in [0.1, 0.15) is 16.8 Å². The van der Waals surface area contributed by atoms with E-state index in [2.05, 4.69) is 10.3 Å². The number of hydrogen-bond acceptors (Lipinski definition) is 4. The summed E-state index contributed by atoms with van der Waals surface area (Å²) in [7, 11) is 0. The summed E-state index contributed by atoms with van der Waals surface area (Å²) in [6, 6.07) is 9.23. The van der Waals surface area contributed by atoms with Crippen LogP contribution in [0.4, 0.5) is 23.2 Å². The predicted molar refractivity (Wildman–Crippen MR) is 109 cm³/mol. The molecule has 0 aliphatic carbocycles. The lowest BCUT2D eigenvalue weighted by Gasteiger charge is -2.16. The van der Waals surface area contributed by atoms with E-state index in [4.69, 9.17) is 0 Å². The van der Waals surface area contributed by atoms with E-state index in [9.17, 15) is 32.3 Å². The van der Waals surface area contributed by atoms with Crippen LogP contribution in [0.3, 0.4) is 0 Å². The SMILES string of the molecule is Cc1nc(-c2ccc(F)cc2)n(CC(=O)Nc2cccc(C(F)(F)F)c2)c(=O)c1CCO. The van der Waals surface area contributed by atoms with Crippen LogP contribution in [0, 0.1) is 12.7 Å². The molecule has 3 aromatic rings. The Hall–Kier alpha value is -3.53. The lowest BCUT2D eigenvalue weighted by atomic mass is 10.1. The molecule has 0 aliphatic heterocycles. The van der Waals surface area contributed by atoms with Crippen molar-refractivity contribution in [2.24, 2.45) is 0 Å². The maximum atomic E-state index is 13.3. The molecule has 6 nitrogen and oxygen atoms in total. The average Bonchev–Trinajstić information content (AvgIpc) is 2.73. The molecule has 2 N–H and O–H groups in total. The van der Waals surface area contributed by atoms with Crippen LogP contribution in [0.25, 0.3) is 11.4 Å². The van der Waals surface area contributed by atoms with Gasteiger partial charge in [0, 0.05) is 35.5 Å². The number of nitrogens with zero attached hydrogens (tertiary/aromatic N) is 2. The molecule has 0 spiro atoms. The van der Waals surface area contributed by atoms with Crippen LogP contribution in [0.15, 0.2) is 53.3 Å². The molecule has 0 fully saturated rings. The first-order chi connectivity index (χ1) is 15.1. The third kappa shape index (κ3) is 5.20. The van der Waals surface area contributed by atoms with Crippen LogP contribution < -0.4 is 10.9 Å². The number of aliphatic hydroxyl groups excluding tert-OH is 1. The minimum Gasteiger partial charge on any atom is -0.396 e. The first-order valence-corrected chi connectivity index (χ1v) is 9.54. The summed E-state index contributed by atoms with van der Waals surface area (Å²) in [5, 5.41) is 11.6. The Morgan fingerprint density at radius 1 is 1.16 bits per heavy atom. The van der Waals surface area contributed by atoms with Gasteiger partial charge in [-0.15, -0.1) is 0 Å². The second-order valence-corrected chi connectivity index (χ2v) is 7.00. The number of carbonyl (C=O) groups excluding carboxylic acids is 1. The summed E-state index contributed by atoms with van der Waals surface area (Å²) in [6.07, 6.45) is -4.57. The van der Waals surface area contributed by atoms with Crippen molar-refractivity contribution in [3.05, 3.63) is 81.5 Å². The van der Waals surface area contributed by atoms with Crippen molar-refractivity contribution in [3.63, 3.8) is 0 Å². The quantitative estimate of drug-likeness (QED) is 0.564. The van der Waals surface area contributed by atoms with Gasteiger partial charge in [-0.25, -0.2) is 9.37 Å². The minimum absolute atomic E-state index is 0.0105. The van der Waals surface area contributed by atoms with E-state index in [1.54, 1.807) is 6.92 Å². The first kappa shape index (κ1) is 23.1. The highest BCUT2D eigenvalue weighted by Gasteiger charge is 2.30. The minimum atomic E-state index is -4.58. The van der Waals surface area contributed by atoms with Crippen molar-refractivity contribution in [2.75, 3.05) is 11.9 Å². The van der Waals surface area contributed by atoms with Crippen LogP contribution in [0.2, 0.25) is 0 Å². The third-order valence-electron chi connectivity index (χ3n) is 4.71. The maximum absolute atomic E-state index is 13.3. The molecule has 0 bridgehead atoms. The van der Waals surface area contributed by atoms with Crippen LogP contribution in [-0.2, 0) is 23.9 Å². The molecule has 3 rings (SSSR count). The highest BCUT2D eigenvalue weighted by Crippen LogP contribution is 2.30. The standard InChI is InChI=1S/C22H19F4N3O3/c1-13-18(9-10-30)21(32)29(20(27-13)14-5-7-16(23)8-6-14)12-19(31)28-17-4-2-3-15(11-17)22(24,25)26/h2-8,11,30H,9-10,12H2,1H3,(H,28,31). The van der Waals surface area contributed by atoms with Crippen molar-refractivity contribution in [1.82, 2.24) is 9.55 Å². The number of rotatable bonds is 6. The number of carbonyl (C=O) groups is 1. The van der Waals surface area contributed by atoms with Crippen molar-refractivity contribution >= 4 is 11.6 Å². The van der Waals surface area contributed by atoms with E-state index in [-0.39, 0.29) is 30.1 Å².